The van der Waals surface area contributed by atoms with Crippen LogP contribution in [0.2, 0.25) is 0 Å². The molecule has 1 unspecified atom stereocenters. The van der Waals surface area contributed by atoms with Gasteiger partial charge >= 0.3 is 0 Å². The second-order valence-electron chi connectivity index (χ2n) is 5.46. The van der Waals surface area contributed by atoms with Crippen LogP contribution in [0.1, 0.15) is 33.6 Å². The van der Waals surface area contributed by atoms with Gasteiger partial charge in [0.1, 0.15) is 0 Å². The van der Waals surface area contributed by atoms with E-state index in [-0.39, 0.29) is 0 Å². The first-order valence-electron chi connectivity index (χ1n) is 5.77. The van der Waals surface area contributed by atoms with Gasteiger partial charge in [-0.15, -0.1) is 0 Å². The van der Waals surface area contributed by atoms with Gasteiger partial charge in [-0.05, 0) is 42.8 Å². The average molecular weight is 210 g/mol. The average Bonchev–Trinajstić information content (AvgIpc) is 2.60. The van der Waals surface area contributed by atoms with E-state index < -0.39 is 0 Å². The molecule has 86 valence electrons. The highest BCUT2D eigenvalue weighted by Gasteiger charge is 2.31. The fourth-order valence-electron chi connectivity index (χ4n) is 2.15. The van der Waals surface area contributed by atoms with Crippen molar-refractivity contribution in [3.8, 4) is 0 Å². The number of hydrogen-bond acceptors (Lipinski definition) is 2. The minimum atomic E-state index is 0.430. The summed E-state index contributed by atoms with van der Waals surface area (Å²) in [5.41, 5.74) is 8.58. The Morgan fingerprint density at radius 3 is 2.73 bits per heavy atom. The first-order valence-corrected chi connectivity index (χ1v) is 5.77. The van der Waals surface area contributed by atoms with Crippen molar-refractivity contribution in [2.75, 3.05) is 26.2 Å². The molecule has 0 spiro atoms. The fraction of sp³-hybridized carbons (Fsp3) is 1.00. The Morgan fingerprint density at radius 2 is 2.20 bits per heavy atom. The molecular weight excluding hydrogens is 188 g/mol. The van der Waals surface area contributed by atoms with Gasteiger partial charge in [-0.1, -0.05) is 25.9 Å². The summed E-state index contributed by atoms with van der Waals surface area (Å²) in [6.07, 6.45) is 2.30. The van der Waals surface area contributed by atoms with E-state index in [1.165, 1.54) is 19.5 Å². The predicted octanol–water partition coefficient (Wildman–Crippen LogP) is 3.05. The van der Waals surface area contributed by atoms with Crippen LogP contribution in [0.4, 0.5) is 0 Å². The summed E-state index contributed by atoms with van der Waals surface area (Å²) in [6, 6.07) is 0. The summed E-state index contributed by atoms with van der Waals surface area (Å²) in [4.78, 5) is 5.25. The van der Waals surface area contributed by atoms with E-state index in [4.69, 9.17) is 5.53 Å². The van der Waals surface area contributed by atoms with E-state index in [2.05, 4.69) is 35.7 Å². The number of nitrogens with zero attached hydrogens (tertiary/aromatic N) is 4. The van der Waals surface area contributed by atoms with Crippen molar-refractivity contribution in [1.82, 2.24) is 4.90 Å². The first kappa shape index (κ1) is 12.3. The summed E-state index contributed by atoms with van der Waals surface area (Å²) >= 11 is 0. The SMILES string of the molecule is CC(C)(C)C1CCN(CCCN=[N+]=[N-])C1. The normalized spacial score (nSPS) is 22.7. The molecule has 1 aliphatic heterocycles. The molecule has 0 aromatic heterocycles. The molecule has 0 saturated carbocycles. The van der Waals surface area contributed by atoms with E-state index in [0.29, 0.717) is 12.0 Å². The molecule has 1 atom stereocenters. The van der Waals surface area contributed by atoms with Gasteiger partial charge in [0.05, 0.1) is 0 Å². The van der Waals surface area contributed by atoms with E-state index >= 15 is 0 Å². The zero-order chi connectivity index (χ0) is 11.3. The third-order valence-corrected chi connectivity index (χ3v) is 3.29. The van der Waals surface area contributed by atoms with Crippen molar-refractivity contribution in [3.63, 3.8) is 0 Å². The summed E-state index contributed by atoms with van der Waals surface area (Å²) in [6.45, 7) is 11.1. The van der Waals surface area contributed by atoms with Gasteiger partial charge < -0.3 is 4.90 Å². The molecule has 1 heterocycles. The zero-order valence-electron chi connectivity index (χ0n) is 10.1. The topological polar surface area (TPSA) is 52.0 Å². The molecule has 0 aliphatic carbocycles. The Morgan fingerprint density at radius 1 is 1.47 bits per heavy atom. The molecule has 0 radical (unpaired) electrons. The van der Waals surface area contributed by atoms with Crippen LogP contribution in [0.15, 0.2) is 5.11 Å². The second kappa shape index (κ2) is 5.38. The molecule has 0 aromatic carbocycles. The van der Waals surface area contributed by atoms with E-state index in [1.54, 1.807) is 0 Å². The van der Waals surface area contributed by atoms with Crippen LogP contribution in [0.3, 0.4) is 0 Å². The molecule has 0 bridgehead atoms. The van der Waals surface area contributed by atoms with Crippen molar-refractivity contribution in [2.24, 2.45) is 16.4 Å². The molecule has 1 rings (SSSR count). The van der Waals surface area contributed by atoms with Crippen molar-refractivity contribution >= 4 is 0 Å². The van der Waals surface area contributed by atoms with Crippen molar-refractivity contribution in [1.29, 1.82) is 0 Å². The van der Waals surface area contributed by atoms with Crippen LogP contribution < -0.4 is 0 Å². The number of azide groups is 1. The molecule has 0 N–H and O–H groups in total. The van der Waals surface area contributed by atoms with Crippen LogP contribution in [-0.4, -0.2) is 31.1 Å². The maximum Gasteiger partial charge on any atom is 0.0270 e. The van der Waals surface area contributed by atoms with Gasteiger partial charge in [0.2, 0.25) is 0 Å². The van der Waals surface area contributed by atoms with Crippen LogP contribution in [-0.2, 0) is 0 Å². The first-order chi connectivity index (χ1) is 7.04. The lowest BCUT2D eigenvalue weighted by Crippen LogP contribution is -2.27. The molecule has 15 heavy (non-hydrogen) atoms. The third kappa shape index (κ3) is 4.10. The maximum absolute atomic E-state index is 8.15. The van der Waals surface area contributed by atoms with Crippen molar-refractivity contribution < 1.29 is 0 Å². The third-order valence-electron chi connectivity index (χ3n) is 3.29. The molecular formula is C11H22N4. The quantitative estimate of drug-likeness (QED) is 0.304. The minimum absolute atomic E-state index is 0.430. The molecule has 1 aliphatic rings. The monoisotopic (exact) mass is 210 g/mol. The Labute approximate surface area is 92.3 Å². The molecule has 4 heteroatoms. The molecule has 4 nitrogen and oxygen atoms in total. The summed E-state index contributed by atoms with van der Waals surface area (Å²) in [5, 5.41) is 3.55. The van der Waals surface area contributed by atoms with Crippen LogP contribution in [0.5, 0.6) is 0 Å². The standard InChI is InChI=1S/C11H22N4/c1-11(2,3)10-5-8-15(9-10)7-4-6-13-14-12/h10H,4-9H2,1-3H3. The highest BCUT2D eigenvalue weighted by atomic mass is 15.2. The lowest BCUT2D eigenvalue weighted by atomic mass is 9.80. The van der Waals surface area contributed by atoms with Gasteiger partial charge in [-0.3, -0.25) is 0 Å². The van der Waals surface area contributed by atoms with E-state index in [9.17, 15) is 0 Å². The summed E-state index contributed by atoms with van der Waals surface area (Å²) in [5.74, 6) is 0.817. The Kier molecular flexibility index (Phi) is 4.43. The van der Waals surface area contributed by atoms with Gasteiger partial charge in [0, 0.05) is 18.0 Å². The van der Waals surface area contributed by atoms with Gasteiger partial charge in [-0.25, -0.2) is 0 Å². The number of rotatable bonds is 4. The lowest BCUT2D eigenvalue weighted by molar-refractivity contribution is 0.229. The molecule has 0 aromatic rings. The van der Waals surface area contributed by atoms with E-state index in [0.717, 1.165) is 18.9 Å². The largest absolute Gasteiger partial charge is 0.303 e. The highest BCUT2D eigenvalue weighted by molar-refractivity contribution is 4.83. The van der Waals surface area contributed by atoms with Gasteiger partial charge in [0.15, 0.2) is 0 Å². The summed E-state index contributed by atoms with van der Waals surface area (Å²) < 4.78 is 0. The number of likely N-dealkylation sites (tertiary alicyclic amines) is 1. The zero-order valence-corrected chi connectivity index (χ0v) is 10.1. The minimum Gasteiger partial charge on any atom is -0.303 e. The van der Waals surface area contributed by atoms with Crippen LogP contribution in [0.25, 0.3) is 10.4 Å². The van der Waals surface area contributed by atoms with E-state index in [1.807, 2.05) is 0 Å². The van der Waals surface area contributed by atoms with Crippen molar-refractivity contribution in [3.05, 3.63) is 10.4 Å². The Hall–Kier alpha value is -0.730. The molecule has 1 saturated heterocycles. The van der Waals surface area contributed by atoms with Crippen LogP contribution in [0, 0.1) is 11.3 Å². The van der Waals surface area contributed by atoms with Gasteiger partial charge in [-0.2, -0.15) is 0 Å². The van der Waals surface area contributed by atoms with Gasteiger partial charge in [0.25, 0.3) is 0 Å². The summed E-state index contributed by atoms with van der Waals surface area (Å²) in [7, 11) is 0. The lowest BCUT2D eigenvalue weighted by Gasteiger charge is -2.27. The van der Waals surface area contributed by atoms with Crippen LogP contribution >= 0.6 is 0 Å². The smallest absolute Gasteiger partial charge is 0.0270 e. The fourth-order valence-corrected chi connectivity index (χ4v) is 2.15. The Balaban J connectivity index is 2.22. The second-order valence-corrected chi connectivity index (χ2v) is 5.46. The van der Waals surface area contributed by atoms with Crippen molar-refractivity contribution in [2.45, 2.75) is 33.6 Å². The predicted molar refractivity (Wildman–Crippen MR) is 62.6 cm³/mol. The molecule has 0 amide bonds. The molecule has 1 fully saturated rings. The Bertz CT molecular complexity index is 237. The number of hydrogen-bond donors (Lipinski definition) is 0. The maximum atomic E-state index is 8.15. The highest BCUT2D eigenvalue weighted by Crippen LogP contribution is 2.33.